The fourth-order valence-electron chi connectivity index (χ4n) is 3.62. The molecule has 0 bridgehead atoms. The van der Waals surface area contributed by atoms with E-state index in [0.29, 0.717) is 25.1 Å². The van der Waals surface area contributed by atoms with E-state index in [1.807, 2.05) is 12.1 Å². The molecule has 1 saturated heterocycles. The van der Waals surface area contributed by atoms with Crippen molar-refractivity contribution in [2.75, 3.05) is 26.7 Å². The number of hydrazone groups is 1. The first-order valence-electron chi connectivity index (χ1n) is 9.29. The summed E-state index contributed by atoms with van der Waals surface area (Å²) < 4.78 is 5.25. The van der Waals surface area contributed by atoms with Gasteiger partial charge in [-0.15, -0.1) is 0 Å². The lowest BCUT2D eigenvalue weighted by molar-refractivity contribution is -0.935. The largest absolute Gasteiger partial charge is 0.497 e. The van der Waals surface area contributed by atoms with Crippen LogP contribution in [0.4, 0.5) is 0 Å². The van der Waals surface area contributed by atoms with Gasteiger partial charge in [0.15, 0.2) is 0 Å². The minimum atomic E-state index is -0.195. The van der Waals surface area contributed by atoms with Gasteiger partial charge in [0.2, 0.25) is 5.91 Å². The fraction of sp³-hybridized carbons (Fsp3) is 0.526. The number of benzene rings is 1. The molecule has 7 heteroatoms. The van der Waals surface area contributed by atoms with Crippen molar-refractivity contribution < 1.29 is 19.2 Å². The molecule has 3 N–H and O–H groups in total. The second-order valence-electron chi connectivity index (χ2n) is 6.85. The number of carbonyl (C=O) groups is 2. The summed E-state index contributed by atoms with van der Waals surface area (Å²) in [6.45, 7) is 2.78. The van der Waals surface area contributed by atoms with E-state index < -0.39 is 0 Å². The van der Waals surface area contributed by atoms with Gasteiger partial charge in [-0.3, -0.25) is 9.59 Å². The third kappa shape index (κ3) is 4.60. The maximum atomic E-state index is 12.4. The van der Waals surface area contributed by atoms with Crippen LogP contribution in [0, 0.1) is 0 Å². The molecule has 1 aromatic carbocycles. The van der Waals surface area contributed by atoms with Crippen LogP contribution in [0.2, 0.25) is 0 Å². The lowest BCUT2D eigenvalue weighted by Crippen LogP contribution is -3.13. The van der Waals surface area contributed by atoms with Crippen molar-refractivity contribution in [2.45, 2.75) is 38.1 Å². The van der Waals surface area contributed by atoms with Crippen molar-refractivity contribution in [3.63, 3.8) is 0 Å². The fourth-order valence-corrected chi connectivity index (χ4v) is 3.62. The van der Waals surface area contributed by atoms with Crippen LogP contribution in [0.15, 0.2) is 29.4 Å². The molecule has 140 valence electrons. The van der Waals surface area contributed by atoms with Crippen LogP contribution in [0.3, 0.4) is 0 Å². The summed E-state index contributed by atoms with van der Waals surface area (Å²) in [6.07, 6.45) is 4.41. The molecule has 0 aliphatic carbocycles. The Hall–Kier alpha value is -2.41. The van der Waals surface area contributed by atoms with Crippen molar-refractivity contribution in [2.24, 2.45) is 5.10 Å². The van der Waals surface area contributed by atoms with Gasteiger partial charge < -0.3 is 15.0 Å². The lowest BCUT2D eigenvalue weighted by Gasteiger charge is -2.32. The molecule has 7 nitrogen and oxygen atoms in total. The third-order valence-corrected chi connectivity index (χ3v) is 5.14. The topological polar surface area (TPSA) is 84.2 Å². The molecular formula is C19H27N4O3+. The van der Waals surface area contributed by atoms with Crippen LogP contribution in [0.5, 0.6) is 5.75 Å². The van der Waals surface area contributed by atoms with E-state index in [1.165, 1.54) is 29.7 Å². The highest BCUT2D eigenvalue weighted by atomic mass is 16.5. The summed E-state index contributed by atoms with van der Waals surface area (Å²) in [5.74, 6) is 0.493. The van der Waals surface area contributed by atoms with Crippen molar-refractivity contribution in [3.8, 4) is 5.75 Å². The average molecular weight is 359 g/mol. The average Bonchev–Trinajstić information content (AvgIpc) is 2.70. The van der Waals surface area contributed by atoms with Gasteiger partial charge in [0, 0.05) is 18.4 Å². The molecule has 0 aromatic heterocycles. The highest BCUT2D eigenvalue weighted by molar-refractivity contribution is 6.39. The number of nitrogens with zero attached hydrogens (tertiary/aromatic N) is 1. The van der Waals surface area contributed by atoms with Crippen LogP contribution in [0.25, 0.3) is 0 Å². The zero-order chi connectivity index (χ0) is 18.4. The Morgan fingerprint density at radius 1 is 1.23 bits per heavy atom. The molecule has 2 aliphatic rings. The molecule has 0 saturated carbocycles. The van der Waals surface area contributed by atoms with Gasteiger partial charge in [0.25, 0.3) is 5.91 Å². The number of quaternary nitrogens is 1. The number of ether oxygens (including phenoxy) is 1. The first-order valence-corrected chi connectivity index (χ1v) is 9.29. The van der Waals surface area contributed by atoms with E-state index in [-0.39, 0.29) is 17.9 Å². The molecule has 3 rings (SSSR count). The second kappa shape index (κ2) is 8.80. The number of hydrogen-bond acceptors (Lipinski definition) is 4. The van der Waals surface area contributed by atoms with Crippen molar-refractivity contribution in [1.29, 1.82) is 0 Å². The van der Waals surface area contributed by atoms with Gasteiger partial charge in [-0.2, -0.15) is 5.10 Å². The van der Waals surface area contributed by atoms with Crippen LogP contribution in [0.1, 0.15) is 43.7 Å². The molecule has 0 spiro atoms. The van der Waals surface area contributed by atoms with E-state index in [2.05, 4.69) is 28.0 Å². The Labute approximate surface area is 153 Å². The minimum Gasteiger partial charge on any atom is -0.497 e. The third-order valence-electron chi connectivity index (χ3n) is 5.14. The molecule has 26 heavy (non-hydrogen) atoms. The normalized spacial score (nSPS) is 19.3. The summed E-state index contributed by atoms with van der Waals surface area (Å²) >= 11 is 0. The number of carbonyl (C=O) groups excluding carboxylic acids is 2. The van der Waals surface area contributed by atoms with Gasteiger partial charge in [-0.25, -0.2) is 5.43 Å². The lowest BCUT2D eigenvalue weighted by atomic mass is 10.0. The zero-order valence-corrected chi connectivity index (χ0v) is 15.2. The Morgan fingerprint density at radius 2 is 1.96 bits per heavy atom. The van der Waals surface area contributed by atoms with Gasteiger partial charge in [-0.05, 0) is 43.5 Å². The maximum Gasteiger partial charge on any atom is 0.267 e. The number of piperidine rings is 1. The molecule has 1 atom stereocenters. The number of methoxy groups -OCH3 is 1. The van der Waals surface area contributed by atoms with Gasteiger partial charge in [0.05, 0.1) is 26.7 Å². The van der Waals surface area contributed by atoms with Gasteiger partial charge in [-0.1, -0.05) is 0 Å². The number of rotatable bonds is 6. The quantitative estimate of drug-likeness (QED) is 0.678. The summed E-state index contributed by atoms with van der Waals surface area (Å²) in [5.41, 5.74) is 3.97. The van der Waals surface area contributed by atoms with E-state index in [0.717, 1.165) is 18.8 Å². The molecule has 1 aromatic rings. The maximum absolute atomic E-state index is 12.4. The molecule has 2 aliphatic heterocycles. The van der Waals surface area contributed by atoms with Crippen molar-refractivity contribution in [3.05, 3.63) is 29.8 Å². The highest BCUT2D eigenvalue weighted by Crippen LogP contribution is 2.16. The Bertz CT molecular complexity index is 666. The Morgan fingerprint density at radius 3 is 2.58 bits per heavy atom. The van der Waals surface area contributed by atoms with E-state index in [9.17, 15) is 9.59 Å². The predicted octanol–water partition coefficient (Wildman–Crippen LogP) is 0.187. The second-order valence-corrected chi connectivity index (χ2v) is 6.85. The SMILES string of the molecule is COc1ccc([C@@H](CNC(=O)C2=NNC(=O)CC2)[NH+]2CCCCC2)cc1. The minimum absolute atomic E-state index is 0.143. The summed E-state index contributed by atoms with van der Waals surface area (Å²) in [6, 6.07) is 8.29. The number of amides is 2. The van der Waals surface area contributed by atoms with Crippen LogP contribution < -0.4 is 20.4 Å². The molecule has 1 fully saturated rings. The Balaban J connectivity index is 1.68. The standard InChI is InChI=1S/C19H26N4O3/c1-26-15-7-5-14(6-8-15)17(23-11-3-2-4-12-23)13-20-19(25)16-9-10-18(24)22-21-16/h5-8,17H,2-4,9-13H2,1H3,(H,20,25)(H,22,24)/p+1/t17-/m1/s1. The molecule has 2 heterocycles. The van der Waals surface area contributed by atoms with Crippen LogP contribution in [-0.4, -0.2) is 44.3 Å². The van der Waals surface area contributed by atoms with Gasteiger partial charge in [0.1, 0.15) is 17.5 Å². The van der Waals surface area contributed by atoms with E-state index in [1.54, 1.807) is 7.11 Å². The monoisotopic (exact) mass is 359 g/mol. The summed E-state index contributed by atoms with van der Waals surface area (Å²) in [7, 11) is 1.66. The van der Waals surface area contributed by atoms with Crippen LogP contribution in [-0.2, 0) is 9.59 Å². The Kier molecular flexibility index (Phi) is 6.22. The molecular weight excluding hydrogens is 332 g/mol. The zero-order valence-electron chi connectivity index (χ0n) is 15.2. The number of nitrogens with one attached hydrogen (secondary N) is 3. The number of likely N-dealkylation sites (tertiary alicyclic amines) is 1. The predicted molar refractivity (Wildman–Crippen MR) is 98.1 cm³/mol. The van der Waals surface area contributed by atoms with E-state index in [4.69, 9.17) is 4.74 Å². The number of hydrogen-bond donors (Lipinski definition) is 3. The first-order chi connectivity index (χ1) is 12.7. The smallest absolute Gasteiger partial charge is 0.267 e. The van der Waals surface area contributed by atoms with E-state index >= 15 is 0 Å². The molecule has 0 unspecified atom stereocenters. The summed E-state index contributed by atoms with van der Waals surface area (Å²) in [4.78, 5) is 25.1. The van der Waals surface area contributed by atoms with Crippen molar-refractivity contribution in [1.82, 2.24) is 10.7 Å². The van der Waals surface area contributed by atoms with Crippen molar-refractivity contribution >= 4 is 17.5 Å². The first kappa shape index (κ1) is 18.4. The van der Waals surface area contributed by atoms with Gasteiger partial charge >= 0.3 is 0 Å². The highest BCUT2D eigenvalue weighted by Gasteiger charge is 2.27. The molecule has 2 amide bonds. The van der Waals surface area contributed by atoms with Crippen LogP contribution >= 0.6 is 0 Å². The summed E-state index contributed by atoms with van der Waals surface area (Å²) in [5, 5.41) is 6.90. The molecule has 0 radical (unpaired) electrons.